The lowest BCUT2D eigenvalue weighted by Crippen LogP contribution is -1.96. The smallest absolute Gasteiger partial charge is 0.159 e. The van der Waals surface area contributed by atoms with Crippen LogP contribution in [0.2, 0.25) is 0 Å². The van der Waals surface area contributed by atoms with Gasteiger partial charge in [0.2, 0.25) is 0 Å². The molecule has 1 aromatic heterocycles. The summed E-state index contributed by atoms with van der Waals surface area (Å²) in [5, 5.41) is 0. The molecule has 3 nitrogen and oxygen atoms in total. The molecule has 0 radical (unpaired) electrons. The van der Waals surface area contributed by atoms with E-state index in [9.17, 15) is 4.79 Å². The average Bonchev–Trinajstić information content (AvgIpc) is 2.64. The molecule has 0 atom stereocenters. The third kappa shape index (κ3) is 2.07. The Bertz CT molecular complexity index is 546. The van der Waals surface area contributed by atoms with E-state index in [2.05, 4.69) is 20.9 Å². The maximum atomic E-state index is 11.2. The minimum atomic E-state index is 0.0639. The van der Waals surface area contributed by atoms with E-state index in [-0.39, 0.29) is 5.78 Å². The van der Waals surface area contributed by atoms with Gasteiger partial charge in [0.15, 0.2) is 5.78 Å². The van der Waals surface area contributed by atoms with E-state index < -0.39 is 0 Å². The summed E-state index contributed by atoms with van der Waals surface area (Å²) in [6.45, 7) is 3.50. The van der Waals surface area contributed by atoms with Gasteiger partial charge in [-0.05, 0) is 48.0 Å². The molecule has 82 valence electrons. The first kappa shape index (κ1) is 11.1. The molecule has 1 aromatic carbocycles. The average molecular weight is 279 g/mol. The highest BCUT2D eigenvalue weighted by atomic mass is 79.9. The van der Waals surface area contributed by atoms with E-state index in [1.807, 2.05) is 35.9 Å². The summed E-state index contributed by atoms with van der Waals surface area (Å²) in [5.74, 6) is 0.0639. The summed E-state index contributed by atoms with van der Waals surface area (Å²) in [7, 11) is 0. The second-order valence-electron chi connectivity index (χ2n) is 3.64. The van der Waals surface area contributed by atoms with Gasteiger partial charge in [0.25, 0.3) is 0 Å². The Labute approximate surface area is 102 Å². The van der Waals surface area contributed by atoms with Crippen LogP contribution in [0.15, 0.2) is 35.2 Å². The zero-order valence-corrected chi connectivity index (χ0v) is 10.7. The minimum Gasteiger partial charge on any atom is -0.305 e. The van der Waals surface area contributed by atoms with Crippen LogP contribution >= 0.6 is 15.9 Å². The number of aromatic nitrogens is 2. The summed E-state index contributed by atoms with van der Waals surface area (Å²) >= 11 is 3.46. The van der Waals surface area contributed by atoms with E-state index in [1.54, 1.807) is 13.3 Å². The van der Waals surface area contributed by atoms with Gasteiger partial charge < -0.3 is 4.57 Å². The third-order valence-corrected chi connectivity index (χ3v) is 2.98. The fourth-order valence-electron chi connectivity index (χ4n) is 1.49. The van der Waals surface area contributed by atoms with E-state index in [0.717, 1.165) is 15.9 Å². The van der Waals surface area contributed by atoms with Gasteiger partial charge in [0.05, 0.1) is 17.7 Å². The molecule has 0 fully saturated rings. The lowest BCUT2D eigenvalue weighted by molar-refractivity contribution is 0.101. The monoisotopic (exact) mass is 278 g/mol. The highest BCUT2D eigenvalue weighted by molar-refractivity contribution is 9.10. The molecule has 0 aliphatic rings. The second-order valence-corrected chi connectivity index (χ2v) is 4.50. The van der Waals surface area contributed by atoms with Crippen molar-refractivity contribution in [1.29, 1.82) is 0 Å². The Morgan fingerprint density at radius 1 is 1.44 bits per heavy atom. The van der Waals surface area contributed by atoms with Crippen molar-refractivity contribution in [1.82, 2.24) is 9.55 Å². The molecule has 0 spiro atoms. The topological polar surface area (TPSA) is 34.9 Å². The molecule has 0 saturated carbocycles. The summed E-state index contributed by atoms with van der Waals surface area (Å²) < 4.78 is 2.81. The highest BCUT2D eigenvalue weighted by Gasteiger charge is 2.06. The lowest BCUT2D eigenvalue weighted by atomic mass is 10.1. The van der Waals surface area contributed by atoms with Gasteiger partial charge in [-0.15, -0.1) is 0 Å². The number of hydrogen-bond acceptors (Lipinski definition) is 2. The van der Waals surface area contributed by atoms with Gasteiger partial charge in [0.1, 0.15) is 0 Å². The molecule has 1 heterocycles. The Balaban J connectivity index is 2.47. The largest absolute Gasteiger partial charge is 0.305 e. The molecule has 4 heteroatoms. The van der Waals surface area contributed by atoms with Gasteiger partial charge in [0, 0.05) is 16.2 Å². The van der Waals surface area contributed by atoms with Crippen molar-refractivity contribution >= 4 is 21.7 Å². The van der Waals surface area contributed by atoms with Crippen molar-refractivity contribution in [2.45, 2.75) is 13.8 Å². The normalized spacial score (nSPS) is 10.4. The lowest BCUT2D eigenvalue weighted by Gasteiger charge is -2.06. The summed E-state index contributed by atoms with van der Waals surface area (Å²) in [6.07, 6.45) is 3.69. The van der Waals surface area contributed by atoms with E-state index >= 15 is 0 Å². The van der Waals surface area contributed by atoms with Crippen LogP contribution in [0.5, 0.6) is 0 Å². The van der Waals surface area contributed by atoms with Crippen molar-refractivity contribution in [3.05, 3.63) is 46.5 Å². The van der Waals surface area contributed by atoms with Gasteiger partial charge in [-0.25, -0.2) is 4.98 Å². The Morgan fingerprint density at radius 2 is 2.19 bits per heavy atom. The van der Waals surface area contributed by atoms with Crippen molar-refractivity contribution < 1.29 is 4.79 Å². The van der Waals surface area contributed by atoms with Crippen molar-refractivity contribution in [3.8, 4) is 5.69 Å². The van der Waals surface area contributed by atoms with Gasteiger partial charge in [-0.1, -0.05) is 0 Å². The van der Waals surface area contributed by atoms with Gasteiger partial charge in [-0.2, -0.15) is 0 Å². The van der Waals surface area contributed by atoms with Crippen molar-refractivity contribution in [2.75, 3.05) is 0 Å². The number of Topliss-reactive ketones (excluding diaryl/α,β-unsaturated/α-hetero) is 1. The molecule has 0 bridgehead atoms. The third-order valence-electron chi connectivity index (χ3n) is 2.34. The first-order valence-electron chi connectivity index (χ1n) is 4.89. The number of ketones is 1. The summed E-state index contributed by atoms with van der Waals surface area (Å²) in [5.41, 5.74) is 2.64. The highest BCUT2D eigenvalue weighted by Crippen LogP contribution is 2.22. The standard InChI is InChI=1S/C12H11BrN2O/c1-8-6-15(7-14-8)12-4-3-10(9(2)16)5-11(12)13/h3-7H,1-2H3. The van der Waals surface area contributed by atoms with E-state index in [0.29, 0.717) is 5.56 Å². The number of carbonyl (C=O) groups is 1. The van der Waals surface area contributed by atoms with Crippen LogP contribution in [-0.4, -0.2) is 15.3 Å². The molecule has 0 unspecified atom stereocenters. The second kappa shape index (κ2) is 4.22. The first-order valence-corrected chi connectivity index (χ1v) is 5.68. The zero-order valence-electron chi connectivity index (χ0n) is 9.07. The fraction of sp³-hybridized carbons (Fsp3) is 0.167. The molecule has 0 aliphatic heterocycles. The van der Waals surface area contributed by atoms with Crippen LogP contribution < -0.4 is 0 Å². The number of hydrogen-bond donors (Lipinski definition) is 0. The number of benzene rings is 1. The first-order chi connectivity index (χ1) is 7.58. The molecule has 2 rings (SSSR count). The van der Waals surface area contributed by atoms with Crippen LogP contribution in [0.25, 0.3) is 5.69 Å². The molecule has 2 aromatic rings. The molecule has 0 aliphatic carbocycles. The number of aryl methyl sites for hydroxylation is 1. The van der Waals surface area contributed by atoms with Gasteiger partial charge >= 0.3 is 0 Å². The minimum absolute atomic E-state index is 0.0639. The van der Waals surface area contributed by atoms with E-state index in [1.165, 1.54) is 0 Å². The number of halogens is 1. The molecule has 0 saturated heterocycles. The van der Waals surface area contributed by atoms with Crippen molar-refractivity contribution in [3.63, 3.8) is 0 Å². The molecule has 0 N–H and O–H groups in total. The molecular formula is C12H11BrN2O. The van der Waals surface area contributed by atoms with Crippen LogP contribution in [0.4, 0.5) is 0 Å². The zero-order chi connectivity index (χ0) is 11.7. The predicted octanol–water partition coefficient (Wildman–Crippen LogP) is 3.15. The number of imidazole rings is 1. The number of carbonyl (C=O) groups excluding carboxylic acids is 1. The van der Waals surface area contributed by atoms with Crippen LogP contribution in [0, 0.1) is 6.92 Å². The Kier molecular flexibility index (Phi) is 2.92. The maximum Gasteiger partial charge on any atom is 0.159 e. The quantitative estimate of drug-likeness (QED) is 0.791. The number of rotatable bonds is 2. The fourth-order valence-corrected chi connectivity index (χ4v) is 2.07. The predicted molar refractivity (Wildman–Crippen MR) is 66.0 cm³/mol. The SMILES string of the molecule is CC(=O)c1ccc(-n2cnc(C)c2)c(Br)c1. The van der Waals surface area contributed by atoms with Crippen LogP contribution in [-0.2, 0) is 0 Å². The summed E-state index contributed by atoms with van der Waals surface area (Å²) in [4.78, 5) is 15.4. The van der Waals surface area contributed by atoms with E-state index in [4.69, 9.17) is 0 Å². The van der Waals surface area contributed by atoms with Crippen molar-refractivity contribution in [2.24, 2.45) is 0 Å². The Morgan fingerprint density at radius 3 is 2.69 bits per heavy atom. The van der Waals surface area contributed by atoms with Crippen LogP contribution in [0.1, 0.15) is 23.0 Å². The number of nitrogens with zero attached hydrogens (tertiary/aromatic N) is 2. The summed E-state index contributed by atoms with van der Waals surface area (Å²) in [6, 6.07) is 5.55. The van der Waals surface area contributed by atoms with Gasteiger partial charge in [-0.3, -0.25) is 4.79 Å². The maximum absolute atomic E-state index is 11.2. The molecule has 16 heavy (non-hydrogen) atoms. The molecular weight excluding hydrogens is 268 g/mol. The Hall–Kier alpha value is -1.42. The molecule has 0 amide bonds. The van der Waals surface area contributed by atoms with Crippen LogP contribution in [0.3, 0.4) is 0 Å².